The predicted molar refractivity (Wildman–Crippen MR) is 59.0 cm³/mol. The van der Waals surface area contributed by atoms with Gasteiger partial charge in [0.25, 0.3) is 0 Å². The summed E-state index contributed by atoms with van der Waals surface area (Å²) in [5, 5.41) is 11.5. The third kappa shape index (κ3) is 3.10. The highest BCUT2D eigenvalue weighted by atomic mass is 19.1. The minimum atomic E-state index is -0.405. The van der Waals surface area contributed by atoms with E-state index in [0.29, 0.717) is 17.8 Å². The number of nitrogens with zero attached hydrogens (tertiary/aromatic N) is 1. The van der Waals surface area contributed by atoms with Crippen molar-refractivity contribution in [1.29, 1.82) is 5.26 Å². The van der Waals surface area contributed by atoms with Crippen LogP contribution in [0.2, 0.25) is 0 Å². The van der Waals surface area contributed by atoms with Crippen LogP contribution >= 0.6 is 0 Å². The Morgan fingerprint density at radius 2 is 2.33 bits per heavy atom. The molecule has 0 unspecified atom stereocenters. The van der Waals surface area contributed by atoms with Gasteiger partial charge in [0.2, 0.25) is 0 Å². The Labute approximate surface area is 89.0 Å². The summed E-state index contributed by atoms with van der Waals surface area (Å²) in [4.78, 5) is 0. The zero-order valence-corrected chi connectivity index (χ0v) is 8.68. The molecule has 0 amide bonds. The zero-order valence-electron chi connectivity index (χ0n) is 8.68. The third-order valence-electron chi connectivity index (χ3n) is 2.13. The van der Waals surface area contributed by atoms with E-state index in [0.717, 1.165) is 12.0 Å². The van der Waals surface area contributed by atoms with Gasteiger partial charge in [-0.05, 0) is 24.6 Å². The van der Waals surface area contributed by atoms with Crippen molar-refractivity contribution in [3.8, 4) is 6.07 Å². The van der Waals surface area contributed by atoms with E-state index in [-0.39, 0.29) is 0 Å². The summed E-state index contributed by atoms with van der Waals surface area (Å²) >= 11 is 0. The second kappa shape index (κ2) is 5.16. The van der Waals surface area contributed by atoms with Crippen LogP contribution in [0.3, 0.4) is 0 Å². The SMILES string of the molecule is C=C(CC)CNc1ccc(C#N)cc1F. The van der Waals surface area contributed by atoms with Crippen molar-refractivity contribution in [2.45, 2.75) is 13.3 Å². The normalized spacial score (nSPS) is 9.40. The molecule has 0 aromatic heterocycles. The first-order chi connectivity index (χ1) is 7.17. The van der Waals surface area contributed by atoms with Gasteiger partial charge in [0.1, 0.15) is 5.82 Å². The lowest BCUT2D eigenvalue weighted by Gasteiger charge is -2.08. The summed E-state index contributed by atoms with van der Waals surface area (Å²) in [6.45, 7) is 6.37. The van der Waals surface area contributed by atoms with Gasteiger partial charge in [-0.1, -0.05) is 19.1 Å². The van der Waals surface area contributed by atoms with Gasteiger partial charge in [-0.15, -0.1) is 0 Å². The lowest BCUT2D eigenvalue weighted by atomic mass is 10.2. The second-order valence-electron chi connectivity index (χ2n) is 3.26. The number of anilines is 1. The molecule has 0 saturated heterocycles. The largest absolute Gasteiger partial charge is 0.379 e. The number of hydrogen-bond acceptors (Lipinski definition) is 2. The van der Waals surface area contributed by atoms with E-state index in [4.69, 9.17) is 5.26 Å². The van der Waals surface area contributed by atoms with Crippen molar-refractivity contribution in [2.75, 3.05) is 11.9 Å². The van der Waals surface area contributed by atoms with Crippen LogP contribution in [0.5, 0.6) is 0 Å². The number of nitriles is 1. The van der Waals surface area contributed by atoms with Gasteiger partial charge in [-0.2, -0.15) is 5.26 Å². The van der Waals surface area contributed by atoms with E-state index in [2.05, 4.69) is 11.9 Å². The molecule has 1 rings (SSSR count). The van der Waals surface area contributed by atoms with Crippen LogP contribution in [-0.2, 0) is 0 Å². The smallest absolute Gasteiger partial charge is 0.147 e. The Morgan fingerprint density at radius 3 is 2.87 bits per heavy atom. The number of halogens is 1. The first-order valence-electron chi connectivity index (χ1n) is 4.77. The molecule has 1 aromatic rings. The molecule has 2 nitrogen and oxygen atoms in total. The van der Waals surface area contributed by atoms with Gasteiger partial charge in [0.15, 0.2) is 0 Å². The number of nitrogens with one attached hydrogen (secondary N) is 1. The lowest BCUT2D eigenvalue weighted by molar-refractivity contribution is 0.630. The average molecular weight is 204 g/mol. The van der Waals surface area contributed by atoms with Crippen molar-refractivity contribution < 1.29 is 4.39 Å². The number of benzene rings is 1. The Hall–Kier alpha value is -1.82. The Morgan fingerprint density at radius 1 is 1.60 bits per heavy atom. The topological polar surface area (TPSA) is 35.8 Å². The minimum Gasteiger partial charge on any atom is -0.379 e. The standard InChI is InChI=1S/C12H13FN2/c1-3-9(2)8-15-12-5-4-10(7-14)6-11(12)13/h4-6,15H,2-3,8H2,1H3. The van der Waals surface area contributed by atoms with Gasteiger partial charge >= 0.3 is 0 Å². The van der Waals surface area contributed by atoms with Crippen LogP contribution in [0, 0.1) is 17.1 Å². The van der Waals surface area contributed by atoms with Crippen LogP contribution in [0.1, 0.15) is 18.9 Å². The molecule has 0 aliphatic heterocycles. The molecule has 78 valence electrons. The molecule has 0 bridgehead atoms. The van der Waals surface area contributed by atoms with Crippen molar-refractivity contribution in [3.05, 3.63) is 41.7 Å². The highest BCUT2D eigenvalue weighted by Gasteiger charge is 2.02. The molecule has 0 aliphatic rings. The van der Waals surface area contributed by atoms with Crippen molar-refractivity contribution >= 4 is 5.69 Å². The van der Waals surface area contributed by atoms with Crippen LogP contribution in [0.25, 0.3) is 0 Å². The van der Waals surface area contributed by atoms with Crippen LogP contribution < -0.4 is 5.32 Å². The van der Waals surface area contributed by atoms with Crippen molar-refractivity contribution in [1.82, 2.24) is 0 Å². The highest BCUT2D eigenvalue weighted by Crippen LogP contribution is 2.15. The van der Waals surface area contributed by atoms with E-state index in [1.807, 2.05) is 13.0 Å². The molecular formula is C12H13FN2. The van der Waals surface area contributed by atoms with Gasteiger partial charge in [-0.3, -0.25) is 0 Å². The average Bonchev–Trinajstić information content (AvgIpc) is 2.26. The second-order valence-corrected chi connectivity index (χ2v) is 3.26. The molecular weight excluding hydrogens is 191 g/mol. The molecule has 1 N–H and O–H groups in total. The molecule has 3 heteroatoms. The molecule has 0 atom stereocenters. The van der Waals surface area contributed by atoms with Gasteiger partial charge in [-0.25, -0.2) is 4.39 Å². The summed E-state index contributed by atoms with van der Waals surface area (Å²) in [7, 11) is 0. The molecule has 0 fully saturated rings. The maximum absolute atomic E-state index is 13.3. The Balaban J connectivity index is 2.71. The molecule has 0 spiro atoms. The summed E-state index contributed by atoms with van der Waals surface area (Å²) in [5.74, 6) is -0.405. The summed E-state index contributed by atoms with van der Waals surface area (Å²) in [6, 6.07) is 6.25. The molecule has 0 aliphatic carbocycles. The fraction of sp³-hybridized carbons (Fsp3) is 0.250. The lowest BCUT2D eigenvalue weighted by Crippen LogP contribution is -2.05. The van der Waals surface area contributed by atoms with Gasteiger partial charge in [0.05, 0.1) is 17.3 Å². The van der Waals surface area contributed by atoms with E-state index in [1.165, 1.54) is 6.07 Å². The van der Waals surface area contributed by atoms with Gasteiger partial charge in [0, 0.05) is 6.54 Å². The first-order valence-corrected chi connectivity index (χ1v) is 4.77. The zero-order chi connectivity index (χ0) is 11.3. The van der Waals surface area contributed by atoms with E-state index in [9.17, 15) is 4.39 Å². The maximum Gasteiger partial charge on any atom is 0.147 e. The molecule has 0 heterocycles. The third-order valence-corrected chi connectivity index (χ3v) is 2.13. The van der Waals surface area contributed by atoms with Gasteiger partial charge < -0.3 is 5.32 Å². The Kier molecular flexibility index (Phi) is 3.87. The maximum atomic E-state index is 13.3. The summed E-state index contributed by atoms with van der Waals surface area (Å²) < 4.78 is 13.3. The first kappa shape index (κ1) is 11.3. The summed E-state index contributed by atoms with van der Waals surface area (Å²) in [5.41, 5.74) is 1.75. The van der Waals surface area contributed by atoms with Crippen LogP contribution in [0.15, 0.2) is 30.4 Å². The van der Waals surface area contributed by atoms with E-state index >= 15 is 0 Å². The highest BCUT2D eigenvalue weighted by molar-refractivity contribution is 5.49. The minimum absolute atomic E-state index is 0.326. The monoisotopic (exact) mass is 204 g/mol. The molecule has 0 saturated carbocycles. The molecule has 1 aromatic carbocycles. The molecule has 0 radical (unpaired) electrons. The van der Waals surface area contributed by atoms with E-state index in [1.54, 1.807) is 12.1 Å². The Bertz CT molecular complexity index is 405. The van der Waals surface area contributed by atoms with Crippen LogP contribution in [-0.4, -0.2) is 6.54 Å². The fourth-order valence-corrected chi connectivity index (χ4v) is 1.07. The quantitative estimate of drug-likeness (QED) is 0.765. The number of rotatable bonds is 4. The molecule has 15 heavy (non-hydrogen) atoms. The van der Waals surface area contributed by atoms with E-state index < -0.39 is 5.82 Å². The fourth-order valence-electron chi connectivity index (χ4n) is 1.07. The predicted octanol–water partition coefficient (Wildman–Crippen LogP) is 3.08. The summed E-state index contributed by atoms with van der Waals surface area (Å²) in [6.07, 6.45) is 0.866. The van der Waals surface area contributed by atoms with Crippen LogP contribution in [0.4, 0.5) is 10.1 Å². The number of hydrogen-bond donors (Lipinski definition) is 1. The van der Waals surface area contributed by atoms with Crippen molar-refractivity contribution in [3.63, 3.8) is 0 Å². The van der Waals surface area contributed by atoms with Crippen molar-refractivity contribution in [2.24, 2.45) is 0 Å².